The molecule has 0 saturated carbocycles. The molecule has 3 heterocycles. The number of hydrogen-bond donors (Lipinski definition) is 2. The van der Waals surface area contributed by atoms with Crippen molar-refractivity contribution in [1.29, 1.82) is 0 Å². The van der Waals surface area contributed by atoms with Gasteiger partial charge in [0, 0.05) is 25.9 Å². The Hall–Kier alpha value is -2.23. The number of carbonyl (C=O) groups is 1. The van der Waals surface area contributed by atoms with Crippen molar-refractivity contribution in [2.24, 2.45) is 0 Å². The molecule has 0 atom stereocenters. The van der Waals surface area contributed by atoms with Crippen LogP contribution in [-0.2, 0) is 4.79 Å². The van der Waals surface area contributed by atoms with E-state index < -0.39 is 0 Å². The van der Waals surface area contributed by atoms with Gasteiger partial charge in [0.2, 0.25) is 0 Å². The lowest BCUT2D eigenvalue weighted by atomic mass is 10.2. The molecule has 0 aliphatic carbocycles. The number of fused-ring (bicyclic) bond motifs is 1. The molecule has 1 saturated heterocycles. The van der Waals surface area contributed by atoms with Crippen LogP contribution in [0.2, 0.25) is 0 Å². The number of hydrogen-bond acceptors (Lipinski definition) is 7. The summed E-state index contributed by atoms with van der Waals surface area (Å²) in [6.45, 7) is 3.13. The van der Waals surface area contributed by atoms with Crippen molar-refractivity contribution in [1.82, 2.24) is 14.3 Å². The summed E-state index contributed by atoms with van der Waals surface area (Å²) in [7, 11) is 0. The number of aliphatic hydroxyl groups excluding tert-OH is 1. The van der Waals surface area contributed by atoms with E-state index in [4.69, 9.17) is 17.3 Å². The number of aromatic nitrogens is 2. The quantitative estimate of drug-likeness (QED) is 0.387. The molecule has 2 N–H and O–H groups in total. The number of rotatable bonds is 8. The van der Waals surface area contributed by atoms with Gasteiger partial charge in [0.15, 0.2) is 0 Å². The van der Waals surface area contributed by atoms with Crippen molar-refractivity contribution < 1.29 is 9.90 Å². The van der Waals surface area contributed by atoms with Gasteiger partial charge in [0.25, 0.3) is 11.5 Å². The third kappa shape index (κ3) is 4.26. The summed E-state index contributed by atoms with van der Waals surface area (Å²) in [6.07, 6.45) is 5.57. The number of pyridine rings is 1. The maximum Gasteiger partial charge on any atom is 0.267 e. The normalized spacial score (nSPS) is 15.8. The maximum atomic E-state index is 13.0. The van der Waals surface area contributed by atoms with Crippen molar-refractivity contribution in [3.05, 3.63) is 45.2 Å². The average molecular weight is 419 g/mol. The number of amides is 1. The van der Waals surface area contributed by atoms with Crippen molar-refractivity contribution >= 4 is 51.7 Å². The van der Waals surface area contributed by atoms with E-state index in [1.165, 1.54) is 16.2 Å². The van der Waals surface area contributed by atoms with Crippen molar-refractivity contribution in [2.75, 3.05) is 25.0 Å². The van der Waals surface area contributed by atoms with E-state index in [0.717, 1.165) is 12.8 Å². The van der Waals surface area contributed by atoms with Gasteiger partial charge in [-0.1, -0.05) is 43.4 Å². The number of nitrogens with zero attached hydrogens (tertiary/aromatic N) is 3. The predicted molar refractivity (Wildman–Crippen MR) is 116 cm³/mol. The van der Waals surface area contributed by atoms with E-state index in [-0.39, 0.29) is 18.1 Å². The Morgan fingerprint density at radius 2 is 2.14 bits per heavy atom. The summed E-state index contributed by atoms with van der Waals surface area (Å²) < 4.78 is 1.95. The highest BCUT2D eigenvalue weighted by molar-refractivity contribution is 8.26. The van der Waals surface area contributed by atoms with Crippen LogP contribution in [0.25, 0.3) is 11.7 Å². The zero-order chi connectivity index (χ0) is 20.1. The Morgan fingerprint density at radius 3 is 2.89 bits per heavy atom. The topological polar surface area (TPSA) is 86.9 Å². The van der Waals surface area contributed by atoms with E-state index >= 15 is 0 Å². The zero-order valence-corrected chi connectivity index (χ0v) is 17.2. The van der Waals surface area contributed by atoms with Crippen LogP contribution in [0.5, 0.6) is 0 Å². The lowest BCUT2D eigenvalue weighted by Gasteiger charge is -2.13. The van der Waals surface area contributed by atoms with Crippen LogP contribution in [0.15, 0.2) is 34.1 Å². The summed E-state index contributed by atoms with van der Waals surface area (Å²) in [5.74, 6) is 0.214. The summed E-state index contributed by atoms with van der Waals surface area (Å²) in [6, 6.07) is 5.30. The predicted octanol–water partition coefficient (Wildman–Crippen LogP) is 2.49. The molecule has 0 aromatic carbocycles. The summed E-state index contributed by atoms with van der Waals surface area (Å²) in [5, 5.41) is 12.1. The van der Waals surface area contributed by atoms with E-state index in [9.17, 15) is 9.59 Å². The van der Waals surface area contributed by atoms with Gasteiger partial charge in [-0.2, -0.15) is 0 Å². The zero-order valence-electron chi connectivity index (χ0n) is 15.6. The van der Waals surface area contributed by atoms with Gasteiger partial charge >= 0.3 is 0 Å². The Labute approximate surface area is 172 Å². The number of nitrogens with one attached hydrogen (secondary N) is 1. The molecule has 28 heavy (non-hydrogen) atoms. The molecule has 1 aliphatic heterocycles. The number of anilines is 1. The molecule has 9 heteroatoms. The largest absolute Gasteiger partial charge is 0.396 e. The van der Waals surface area contributed by atoms with Gasteiger partial charge in [0.1, 0.15) is 15.8 Å². The fourth-order valence-electron chi connectivity index (χ4n) is 2.79. The molecule has 7 nitrogen and oxygen atoms in total. The second-order valence-corrected chi connectivity index (χ2v) is 7.97. The van der Waals surface area contributed by atoms with Gasteiger partial charge in [-0.15, -0.1) is 0 Å². The summed E-state index contributed by atoms with van der Waals surface area (Å²) in [5.41, 5.74) is 0.542. The molecular weight excluding hydrogens is 396 g/mol. The van der Waals surface area contributed by atoms with Crippen LogP contribution < -0.4 is 10.9 Å². The van der Waals surface area contributed by atoms with Crippen molar-refractivity contribution in [2.45, 2.75) is 26.2 Å². The number of unbranched alkanes of at least 4 members (excludes halogenated alkanes) is 1. The highest BCUT2D eigenvalue weighted by atomic mass is 32.2. The molecule has 0 unspecified atom stereocenters. The van der Waals surface area contributed by atoms with E-state index in [1.807, 2.05) is 0 Å². The van der Waals surface area contributed by atoms with Gasteiger partial charge < -0.3 is 10.4 Å². The highest BCUT2D eigenvalue weighted by Gasteiger charge is 2.32. The highest BCUT2D eigenvalue weighted by Crippen LogP contribution is 2.33. The molecule has 1 aliphatic rings. The first-order valence-electron chi connectivity index (χ1n) is 9.18. The Bertz CT molecular complexity index is 987. The minimum absolute atomic E-state index is 0.0327. The molecule has 3 rings (SSSR count). The average Bonchev–Trinajstić information content (AvgIpc) is 2.96. The Morgan fingerprint density at radius 1 is 1.32 bits per heavy atom. The van der Waals surface area contributed by atoms with Crippen LogP contribution in [0.3, 0.4) is 0 Å². The minimum atomic E-state index is -0.268. The van der Waals surface area contributed by atoms with Crippen LogP contribution in [-0.4, -0.2) is 49.3 Å². The first-order valence-corrected chi connectivity index (χ1v) is 10.4. The fraction of sp³-hybridized carbons (Fsp3) is 0.368. The standard InChI is InChI=1S/C19H22N4O3S2/c1-2-3-9-23-18(26)14(28-19(23)27)12-13-16(20-8-6-11-24)21-15-7-4-5-10-22(15)17(13)25/h4-5,7,10,12,20,24H,2-3,6,8-9,11H2,1H3/b14-12+. The third-order valence-electron chi connectivity index (χ3n) is 4.28. The van der Waals surface area contributed by atoms with Crippen LogP contribution >= 0.6 is 24.0 Å². The second kappa shape index (κ2) is 9.31. The van der Waals surface area contributed by atoms with Crippen LogP contribution in [0.4, 0.5) is 5.82 Å². The van der Waals surface area contributed by atoms with E-state index in [0.29, 0.717) is 45.8 Å². The SMILES string of the molecule is CCCCN1C(=O)/C(=C\c2c(NCCCO)nc3ccccn3c2=O)SC1=S. The fourth-order valence-corrected chi connectivity index (χ4v) is 4.08. The lowest BCUT2D eigenvalue weighted by molar-refractivity contribution is -0.122. The molecule has 1 amide bonds. The lowest BCUT2D eigenvalue weighted by Crippen LogP contribution is -2.29. The monoisotopic (exact) mass is 418 g/mol. The summed E-state index contributed by atoms with van der Waals surface area (Å²) >= 11 is 6.54. The third-order valence-corrected chi connectivity index (χ3v) is 5.66. The number of thiocarbonyl (C=S) groups is 1. The summed E-state index contributed by atoms with van der Waals surface area (Å²) in [4.78, 5) is 32.3. The molecule has 0 spiro atoms. The molecule has 2 aromatic rings. The first-order chi connectivity index (χ1) is 13.6. The van der Waals surface area contributed by atoms with Gasteiger partial charge in [-0.25, -0.2) is 4.98 Å². The van der Waals surface area contributed by atoms with Crippen LogP contribution in [0, 0.1) is 0 Å². The number of carbonyl (C=O) groups excluding carboxylic acids is 1. The maximum absolute atomic E-state index is 13.0. The molecular formula is C19H22N4O3S2. The van der Waals surface area contributed by atoms with Crippen molar-refractivity contribution in [3.63, 3.8) is 0 Å². The van der Waals surface area contributed by atoms with Gasteiger partial charge in [0.05, 0.1) is 10.5 Å². The van der Waals surface area contributed by atoms with E-state index in [2.05, 4.69) is 17.2 Å². The minimum Gasteiger partial charge on any atom is -0.396 e. The first kappa shape index (κ1) is 20.5. The number of aliphatic hydroxyl groups is 1. The van der Waals surface area contributed by atoms with Crippen molar-refractivity contribution in [3.8, 4) is 0 Å². The smallest absolute Gasteiger partial charge is 0.267 e. The second-order valence-electron chi connectivity index (χ2n) is 6.30. The van der Waals surface area contributed by atoms with Gasteiger partial charge in [-0.3, -0.25) is 18.9 Å². The Balaban J connectivity index is 2.03. The molecule has 0 radical (unpaired) electrons. The number of thioether (sulfide) groups is 1. The molecule has 1 fully saturated rings. The Kier molecular flexibility index (Phi) is 6.82. The molecule has 148 valence electrons. The van der Waals surface area contributed by atoms with Crippen LogP contribution in [0.1, 0.15) is 31.7 Å². The molecule has 2 aromatic heterocycles. The van der Waals surface area contributed by atoms with E-state index in [1.54, 1.807) is 35.4 Å². The molecule has 0 bridgehead atoms. The van der Waals surface area contributed by atoms with Gasteiger partial charge in [-0.05, 0) is 31.1 Å².